The molecule has 0 aliphatic carbocycles. The highest BCUT2D eigenvalue weighted by Crippen LogP contribution is 2.54. The maximum absolute atomic E-state index is 5.28. The average molecular weight is 600 g/mol. The van der Waals surface area contributed by atoms with Gasteiger partial charge in [0.25, 0.3) is 0 Å². The summed E-state index contributed by atoms with van der Waals surface area (Å²) in [7, 11) is 0. The molecule has 220 valence electrons. The molecule has 0 radical (unpaired) electrons. The van der Waals surface area contributed by atoms with Gasteiger partial charge in [0, 0.05) is 22.0 Å². The molecular weight excluding hydrogens is 571 g/mol. The van der Waals surface area contributed by atoms with Gasteiger partial charge < -0.3 is 4.57 Å². The van der Waals surface area contributed by atoms with Crippen LogP contribution < -0.4 is 0 Å². The van der Waals surface area contributed by atoms with E-state index in [2.05, 4.69) is 185 Å². The summed E-state index contributed by atoms with van der Waals surface area (Å²) in [5, 5.41) is 2.54. The molecule has 0 atom stereocenters. The van der Waals surface area contributed by atoms with Crippen LogP contribution in [-0.4, -0.2) is 14.1 Å². The van der Waals surface area contributed by atoms with Gasteiger partial charge in [-0.2, -0.15) is 0 Å². The van der Waals surface area contributed by atoms with Crippen molar-refractivity contribution >= 4 is 32.8 Å². The lowest BCUT2D eigenvalue weighted by molar-refractivity contribution is 0.728. The number of imidazole rings is 1. The molecule has 9 aromatic rings. The third-order valence-electron chi connectivity index (χ3n) is 9.99. The van der Waals surface area contributed by atoms with Gasteiger partial charge in [-0.05, 0) is 70.8 Å². The maximum atomic E-state index is 5.28. The summed E-state index contributed by atoms with van der Waals surface area (Å²) in [6.07, 6.45) is 0. The predicted molar refractivity (Wildman–Crippen MR) is 193 cm³/mol. The molecule has 0 unspecified atom stereocenters. The molecule has 3 nitrogen and oxygen atoms in total. The van der Waals surface area contributed by atoms with E-state index in [9.17, 15) is 0 Å². The molecular formula is C44H29N3. The van der Waals surface area contributed by atoms with E-state index in [1.54, 1.807) is 0 Å². The number of aromatic nitrogens is 3. The first-order chi connectivity index (χ1) is 23.3. The first-order valence-corrected chi connectivity index (χ1v) is 16.2. The maximum Gasteiger partial charge on any atom is 0.145 e. The molecule has 2 aromatic heterocycles. The van der Waals surface area contributed by atoms with E-state index in [1.165, 1.54) is 49.7 Å². The lowest BCUT2D eigenvalue weighted by atomic mass is 9.63. The molecule has 1 aliphatic rings. The smallest absolute Gasteiger partial charge is 0.145 e. The third kappa shape index (κ3) is 3.54. The van der Waals surface area contributed by atoms with Crippen molar-refractivity contribution in [2.24, 2.45) is 0 Å². The molecule has 0 saturated heterocycles. The third-order valence-corrected chi connectivity index (χ3v) is 9.99. The van der Waals surface area contributed by atoms with Crippen LogP contribution in [0, 0.1) is 0 Å². The first-order valence-electron chi connectivity index (χ1n) is 16.2. The molecule has 0 bridgehead atoms. The quantitative estimate of drug-likeness (QED) is 0.197. The summed E-state index contributed by atoms with van der Waals surface area (Å²) in [5.41, 5.74) is 12.3. The van der Waals surface area contributed by atoms with Gasteiger partial charge in [-0.1, -0.05) is 127 Å². The van der Waals surface area contributed by atoms with Crippen LogP contribution in [0.2, 0.25) is 0 Å². The molecule has 47 heavy (non-hydrogen) atoms. The summed E-state index contributed by atoms with van der Waals surface area (Å²) in [6.45, 7) is 0. The number of fused-ring (bicyclic) bond motifs is 6. The van der Waals surface area contributed by atoms with Crippen molar-refractivity contribution in [3.63, 3.8) is 0 Å². The van der Waals surface area contributed by atoms with Crippen LogP contribution in [0.1, 0.15) is 22.3 Å². The molecule has 0 spiro atoms. The zero-order valence-corrected chi connectivity index (χ0v) is 25.6. The van der Waals surface area contributed by atoms with Crippen molar-refractivity contribution in [2.75, 3.05) is 0 Å². The van der Waals surface area contributed by atoms with Gasteiger partial charge in [0.1, 0.15) is 5.82 Å². The Kier molecular flexibility index (Phi) is 5.49. The van der Waals surface area contributed by atoms with E-state index in [1.807, 2.05) is 0 Å². The van der Waals surface area contributed by atoms with E-state index < -0.39 is 5.41 Å². The fourth-order valence-electron chi connectivity index (χ4n) is 8.11. The molecule has 0 N–H and O–H groups in total. The van der Waals surface area contributed by atoms with E-state index in [0.29, 0.717) is 0 Å². The number of hydrogen-bond donors (Lipinski definition) is 0. The summed E-state index contributed by atoms with van der Waals surface area (Å²) in [4.78, 5) is 5.28. The summed E-state index contributed by atoms with van der Waals surface area (Å²) >= 11 is 0. The van der Waals surface area contributed by atoms with Crippen molar-refractivity contribution < 1.29 is 0 Å². The molecule has 0 fully saturated rings. The van der Waals surface area contributed by atoms with Crippen LogP contribution in [0.4, 0.5) is 0 Å². The highest BCUT2D eigenvalue weighted by atomic mass is 15.1. The molecule has 0 amide bonds. The van der Waals surface area contributed by atoms with Gasteiger partial charge >= 0.3 is 0 Å². The normalized spacial score (nSPS) is 13.3. The van der Waals surface area contributed by atoms with Crippen LogP contribution in [0.5, 0.6) is 0 Å². The van der Waals surface area contributed by atoms with Gasteiger partial charge in [-0.15, -0.1) is 0 Å². The summed E-state index contributed by atoms with van der Waals surface area (Å²) in [6, 6.07) is 63.7. The van der Waals surface area contributed by atoms with Crippen molar-refractivity contribution in [2.45, 2.75) is 5.41 Å². The zero-order chi connectivity index (χ0) is 31.0. The number of para-hydroxylation sites is 5. The monoisotopic (exact) mass is 599 g/mol. The Bertz CT molecular complexity index is 2570. The Morgan fingerprint density at radius 3 is 1.81 bits per heavy atom. The number of hydrogen-bond acceptors (Lipinski definition) is 1. The molecule has 1 aliphatic heterocycles. The molecule has 3 heteroatoms. The fourth-order valence-corrected chi connectivity index (χ4v) is 8.11. The topological polar surface area (TPSA) is 22.8 Å². The van der Waals surface area contributed by atoms with E-state index in [0.717, 1.165) is 28.1 Å². The minimum Gasteiger partial charge on any atom is -0.309 e. The summed E-state index contributed by atoms with van der Waals surface area (Å²) < 4.78 is 4.78. The van der Waals surface area contributed by atoms with Crippen LogP contribution in [0.25, 0.3) is 55.6 Å². The highest BCUT2D eigenvalue weighted by Gasteiger charge is 2.45. The Labute approximate surface area is 272 Å². The number of nitrogens with zero attached hydrogens (tertiary/aromatic N) is 3. The number of benzene rings is 7. The Morgan fingerprint density at radius 1 is 0.447 bits per heavy atom. The Hall–Kier alpha value is -6.19. The zero-order valence-electron chi connectivity index (χ0n) is 25.6. The van der Waals surface area contributed by atoms with Crippen LogP contribution in [0.3, 0.4) is 0 Å². The Balaban J connectivity index is 1.39. The minimum atomic E-state index is -0.568. The average Bonchev–Trinajstić information content (AvgIpc) is 3.70. The molecule has 7 aromatic carbocycles. The molecule has 3 heterocycles. The van der Waals surface area contributed by atoms with Crippen molar-refractivity contribution in [3.05, 3.63) is 198 Å². The van der Waals surface area contributed by atoms with Gasteiger partial charge in [0.05, 0.1) is 33.2 Å². The van der Waals surface area contributed by atoms with Gasteiger partial charge in [0.2, 0.25) is 0 Å². The van der Waals surface area contributed by atoms with E-state index in [-0.39, 0.29) is 0 Å². The fraction of sp³-hybridized carbons (Fsp3) is 0.0227. The van der Waals surface area contributed by atoms with E-state index in [4.69, 9.17) is 4.98 Å². The lowest BCUT2D eigenvalue weighted by Crippen LogP contribution is -2.35. The van der Waals surface area contributed by atoms with Gasteiger partial charge in [-0.3, -0.25) is 4.57 Å². The second-order valence-corrected chi connectivity index (χ2v) is 12.4. The SMILES string of the molecule is c1ccc(-n2c(-c3ccc4c(c3)C(c3ccccc3)(c3ccccc3)c3cccc5c6ccccc6n-4c35)nc3ccccc32)cc1. The van der Waals surface area contributed by atoms with Crippen LogP contribution >= 0.6 is 0 Å². The minimum absolute atomic E-state index is 0.568. The Morgan fingerprint density at radius 2 is 1.06 bits per heavy atom. The summed E-state index contributed by atoms with van der Waals surface area (Å²) in [5.74, 6) is 0.927. The first kappa shape index (κ1) is 26.1. The van der Waals surface area contributed by atoms with Crippen molar-refractivity contribution in [3.8, 4) is 22.8 Å². The predicted octanol–water partition coefficient (Wildman–Crippen LogP) is 10.5. The lowest BCUT2D eigenvalue weighted by Gasteiger charge is -2.42. The van der Waals surface area contributed by atoms with Crippen molar-refractivity contribution in [1.29, 1.82) is 0 Å². The van der Waals surface area contributed by atoms with E-state index >= 15 is 0 Å². The van der Waals surface area contributed by atoms with Gasteiger partial charge in [-0.25, -0.2) is 4.98 Å². The number of rotatable bonds is 4. The standard InChI is InChI=1S/C44H29N3/c1-4-15-31(16-5-1)44(32-17-6-2-7-18-32)36-23-14-22-35-34-21-10-12-25-39(34)47(42(35)36)40-28-27-30(29-37(40)44)43-45-38-24-11-13-26-41(38)46(43)33-19-8-3-9-20-33/h1-29H. The van der Waals surface area contributed by atoms with Crippen LogP contribution in [0.15, 0.2) is 176 Å². The molecule has 10 rings (SSSR count). The second-order valence-electron chi connectivity index (χ2n) is 12.4. The van der Waals surface area contributed by atoms with Crippen molar-refractivity contribution in [1.82, 2.24) is 14.1 Å². The second kappa shape index (κ2) is 9.90. The largest absolute Gasteiger partial charge is 0.309 e. The highest BCUT2D eigenvalue weighted by molar-refractivity contribution is 6.12. The van der Waals surface area contributed by atoms with Crippen LogP contribution in [-0.2, 0) is 5.41 Å². The van der Waals surface area contributed by atoms with Gasteiger partial charge in [0.15, 0.2) is 0 Å². The molecule has 0 saturated carbocycles.